The summed E-state index contributed by atoms with van der Waals surface area (Å²) in [5.41, 5.74) is 5.82. The molecule has 6 heteroatoms. The highest BCUT2D eigenvalue weighted by Gasteiger charge is 2.18. The number of ether oxygens (including phenoxy) is 1. The van der Waals surface area contributed by atoms with Crippen molar-refractivity contribution in [2.45, 2.75) is 31.8 Å². The molecule has 4 nitrogen and oxygen atoms in total. The number of hydrogen-bond donors (Lipinski definition) is 2. The van der Waals surface area contributed by atoms with Crippen LogP contribution in [0, 0.1) is 11.6 Å². The van der Waals surface area contributed by atoms with Crippen LogP contribution in [0.2, 0.25) is 0 Å². The molecule has 1 aromatic carbocycles. The van der Waals surface area contributed by atoms with Gasteiger partial charge >= 0.3 is 0 Å². The van der Waals surface area contributed by atoms with Gasteiger partial charge < -0.3 is 15.8 Å². The van der Waals surface area contributed by atoms with Gasteiger partial charge in [0.25, 0.3) is 0 Å². The zero-order chi connectivity index (χ0) is 15.1. The number of methoxy groups -OCH3 is 1. The summed E-state index contributed by atoms with van der Waals surface area (Å²) in [6, 6.07) is 1.79. The molecule has 0 saturated carbocycles. The van der Waals surface area contributed by atoms with Gasteiger partial charge in [-0.25, -0.2) is 8.78 Å². The van der Waals surface area contributed by atoms with Gasteiger partial charge in [-0.15, -0.1) is 0 Å². The first-order chi connectivity index (χ1) is 9.45. The molecule has 20 heavy (non-hydrogen) atoms. The Bertz CT molecular complexity index is 455. The van der Waals surface area contributed by atoms with E-state index in [-0.39, 0.29) is 5.56 Å². The van der Waals surface area contributed by atoms with Gasteiger partial charge in [-0.2, -0.15) is 0 Å². The molecule has 0 saturated heterocycles. The summed E-state index contributed by atoms with van der Waals surface area (Å²) in [4.78, 5) is 11.8. The molecule has 3 N–H and O–H groups in total. The maximum Gasteiger partial charge on any atom is 0.237 e. The maximum atomic E-state index is 13.6. The van der Waals surface area contributed by atoms with Crippen LogP contribution in [0.15, 0.2) is 18.2 Å². The van der Waals surface area contributed by atoms with Gasteiger partial charge in [0, 0.05) is 19.3 Å². The summed E-state index contributed by atoms with van der Waals surface area (Å²) >= 11 is 0. The Kier molecular flexibility index (Phi) is 6.54. The van der Waals surface area contributed by atoms with Crippen LogP contribution >= 0.6 is 0 Å². The van der Waals surface area contributed by atoms with Gasteiger partial charge in [-0.05, 0) is 38.0 Å². The van der Waals surface area contributed by atoms with Crippen molar-refractivity contribution in [3.8, 4) is 0 Å². The van der Waals surface area contributed by atoms with Gasteiger partial charge in [-0.1, -0.05) is 0 Å². The number of rotatable bonds is 7. The van der Waals surface area contributed by atoms with E-state index in [9.17, 15) is 13.6 Å². The van der Waals surface area contributed by atoms with E-state index in [1.54, 1.807) is 14.0 Å². The second-order valence-corrected chi connectivity index (χ2v) is 4.64. The maximum absolute atomic E-state index is 13.6. The molecule has 112 valence electrons. The minimum Gasteiger partial charge on any atom is -0.385 e. The van der Waals surface area contributed by atoms with Gasteiger partial charge in [-0.3, -0.25) is 4.79 Å². The van der Waals surface area contributed by atoms with Gasteiger partial charge in [0.2, 0.25) is 5.91 Å². The largest absolute Gasteiger partial charge is 0.385 e. The quantitative estimate of drug-likeness (QED) is 0.752. The second-order valence-electron chi connectivity index (χ2n) is 4.64. The molecule has 0 aromatic heterocycles. The number of nitrogens with two attached hydrogens (primary N) is 1. The highest BCUT2D eigenvalue weighted by molar-refractivity contribution is 5.81. The highest BCUT2D eigenvalue weighted by Crippen LogP contribution is 2.18. The average molecular weight is 286 g/mol. The van der Waals surface area contributed by atoms with Crippen LogP contribution in [0.4, 0.5) is 8.78 Å². The first-order valence-electron chi connectivity index (χ1n) is 6.45. The minimum absolute atomic E-state index is 0.0995. The Labute approximate surface area is 117 Å². The Morgan fingerprint density at radius 1 is 1.45 bits per heavy atom. The lowest BCUT2D eigenvalue weighted by Gasteiger charge is -2.18. The van der Waals surface area contributed by atoms with Crippen LogP contribution in [0.1, 0.15) is 31.4 Å². The first-order valence-corrected chi connectivity index (χ1v) is 6.45. The minimum atomic E-state index is -0.691. The SMILES string of the molecule is COCCCC(N)C(=O)NC(C)c1cc(F)ccc1F. The van der Waals surface area contributed by atoms with Gasteiger partial charge in [0.05, 0.1) is 12.1 Å². The van der Waals surface area contributed by atoms with E-state index < -0.39 is 29.6 Å². The average Bonchev–Trinajstić information content (AvgIpc) is 2.41. The molecule has 2 atom stereocenters. The molecule has 0 fully saturated rings. The van der Waals surface area contributed by atoms with Crippen molar-refractivity contribution in [1.29, 1.82) is 0 Å². The van der Waals surface area contributed by atoms with E-state index in [0.29, 0.717) is 19.4 Å². The summed E-state index contributed by atoms with van der Waals surface area (Å²) < 4.78 is 31.5. The monoisotopic (exact) mass is 286 g/mol. The van der Waals surface area contributed by atoms with Crippen molar-refractivity contribution in [2.24, 2.45) is 5.73 Å². The Balaban J connectivity index is 2.58. The molecule has 1 aromatic rings. The van der Waals surface area contributed by atoms with Gasteiger partial charge in [0.15, 0.2) is 0 Å². The Morgan fingerprint density at radius 2 is 2.15 bits per heavy atom. The van der Waals surface area contributed by atoms with E-state index >= 15 is 0 Å². The van der Waals surface area contributed by atoms with E-state index in [0.717, 1.165) is 18.2 Å². The number of amides is 1. The Hall–Kier alpha value is -1.53. The van der Waals surface area contributed by atoms with E-state index in [1.807, 2.05) is 0 Å². The van der Waals surface area contributed by atoms with Crippen LogP contribution in [0.5, 0.6) is 0 Å². The number of benzene rings is 1. The van der Waals surface area contributed by atoms with Gasteiger partial charge in [0.1, 0.15) is 11.6 Å². The molecule has 0 aliphatic rings. The fourth-order valence-electron chi connectivity index (χ4n) is 1.82. The van der Waals surface area contributed by atoms with Crippen molar-refractivity contribution in [3.63, 3.8) is 0 Å². The van der Waals surface area contributed by atoms with E-state index in [1.165, 1.54) is 0 Å². The van der Waals surface area contributed by atoms with Crippen molar-refractivity contribution in [3.05, 3.63) is 35.4 Å². The van der Waals surface area contributed by atoms with Crippen molar-refractivity contribution < 1.29 is 18.3 Å². The molecular formula is C14H20F2N2O2. The summed E-state index contributed by atoms with van der Waals surface area (Å²) in [7, 11) is 1.57. The molecule has 0 radical (unpaired) electrons. The fourth-order valence-corrected chi connectivity index (χ4v) is 1.82. The topological polar surface area (TPSA) is 64.3 Å². The predicted molar refractivity (Wildman–Crippen MR) is 72.0 cm³/mol. The lowest BCUT2D eigenvalue weighted by molar-refractivity contribution is -0.123. The molecule has 0 bridgehead atoms. The van der Waals surface area contributed by atoms with Crippen LogP contribution in [-0.4, -0.2) is 25.7 Å². The molecule has 1 rings (SSSR count). The standard InChI is InChI=1S/C14H20F2N2O2/c1-9(11-8-10(15)5-6-12(11)16)18-14(19)13(17)4-3-7-20-2/h5-6,8-9,13H,3-4,7,17H2,1-2H3,(H,18,19). The summed E-state index contributed by atoms with van der Waals surface area (Å²) in [5, 5.41) is 2.58. The van der Waals surface area contributed by atoms with Crippen molar-refractivity contribution >= 4 is 5.91 Å². The zero-order valence-corrected chi connectivity index (χ0v) is 11.7. The number of nitrogens with one attached hydrogen (secondary N) is 1. The number of carbonyl (C=O) groups is 1. The summed E-state index contributed by atoms with van der Waals surface area (Å²) in [5.74, 6) is -1.50. The smallest absolute Gasteiger partial charge is 0.237 e. The Morgan fingerprint density at radius 3 is 2.80 bits per heavy atom. The van der Waals surface area contributed by atoms with Crippen LogP contribution in [-0.2, 0) is 9.53 Å². The number of halogens is 2. The molecule has 0 heterocycles. The van der Waals surface area contributed by atoms with Crippen LogP contribution in [0.3, 0.4) is 0 Å². The first kappa shape index (κ1) is 16.5. The second kappa shape index (κ2) is 7.91. The lowest BCUT2D eigenvalue weighted by Crippen LogP contribution is -2.41. The molecule has 1 amide bonds. The highest BCUT2D eigenvalue weighted by atomic mass is 19.1. The molecule has 0 spiro atoms. The summed E-state index contributed by atoms with van der Waals surface area (Å²) in [6.45, 7) is 2.10. The third-order valence-corrected chi connectivity index (χ3v) is 2.98. The van der Waals surface area contributed by atoms with E-state index in [4.69, 9.17) is 10.5 Å². The van der Waals surface area contributed by atoms with Crippen molar-refractivity contribution in [1.82, 2.24) is 5.32 Å². The fraction of sp³-hybridized carbons (Fsp3) is 0.500. The van der Waals surface area contributed by atoms with E-state index in [2.05, 4.69) is 5.32 Å². The molecular weight excluding hydrogens is 266 g/mol. The zero-order valence-electron chi connectivity index (χ0n) is 11.7. The third-order valence-electron chi connectivity index (χ3n) is 2.98. The number of carbonyl (C=O) groups excluding carboxylic acids is 1. The normalized spacial score (nSPS) is 13.8. The molecule has 2 unspecified atom stereocenters. The molecule has 0 aliphatic heterocycles. The predicted octanol–water partition coefficient (Wildman–Crippen LogP) is 1.90. The lowest BCUT2D eigenvalue weighted by atomic mass is 10.1. The van der Waals surface area contributed by atoms with Crippen LogP contribution in [0.25, 0.3) is 0 Å². The molecule has 0 aliphatic carbocycles. The van der Waals surface area contributed by atoms with Crippen molar-refractivity contribution in [2.75, 3.05) is 13.7 Å². The van der Waals surface area contributed by atoms with Crippen LogP contribution < -0.4 is 11.1 Å². The summed E-state index contributed by atoms with van der Waals surface area (Å²) in [6.07, 6.45) is 1.13. The number of hydrogen-bond acceptors (Lipinski definition) is 3. The third kappa shape index (κ3) is 4.86.